The van der Waals surface area contributed by atoms with E-state index in [1.165, 1.54) is 0 Å². The number of nitrogens with zero attached hydrogens (tertiary/aromatic N) is 2. The minimum absolute atomic E-state index is 0.466. The SMILES string of the molecule is O=CNCc1cccc2nc3ccccc3nc12. The van der Waals surface area contributed by atoms with Crippen molar-refractivity contribution in [2.45, 2.75) is 6.54 Å². The van der Waals surface area contributed by atoms with Gasteiger partial charge in [-0.25, -0.2) is 9.97 Å². The summed E-state index contributed by atoms with van der Waals surface area (Å²) in [7, 11) is 0. The van der Waals surface area contributed by atoms with E-state index in [4.69, 9.17) is 0 Å². The Labute approximate surface area is 104 Å². The van der Waals surface area contributed by atoms with Crippen molar-refractivity contribution in [3.8, 4) is 0 Å². The molecule has 4 heteroatoms. The van der Waals surface area contributed by atoms with E-state index in [1.54, 1.807) is 0 Å². The first-order valence-corrected chi connectivity index (χ1v) is 5.70. The lowest BCUT2D eigenvalue weighted by Gasteiger charge is -2.06. The van der Waals surface area contributed by atoms with Crippen LogP contribution in [0.4, 0.5) is 0 Å². The van der Waals surface area contributed by atoms with Crippen molar-refractivity contribution in [3.63, 3.8) is 0 Å². The van der Waals surface area contributed by atoms with Gasteiger partial charge in [-0.15, -0.1) is 0 Å². The molecule has 3 aromatic rings. The molecule has 1 heterocycles. The number of para-hydroxylation sites is 3. The molecule has 0 saturated carbocycles. The largest absolute Gasteiger partial charge is 0.355 e. The van der Waals surface area contributed by atoms with E-state index in [-0.39, 0.29) is 0 Å². The second kappa shape index (κ2) is 4.41. The van der Waals surface area contributed by atoms with Crippen LogP contribution in [0.15, 0.2) is 42.5 Å². The number of rotatable bonds is 3. The summed E-state index contributed by atoms with van der Waals surface area (Å²) in [5, 5.41) is 2.66. The first-order chi connectivity index (χ1) is 8.88. The Bertz CT molecular complexity index is 724. The van der Waals surface area contributed by atoms with E-state index in [9.17, 15) is 4.79 Å². The van der Waals surface area contributed by atoms with Crippen molar-refractivity contribution < 1.29 is 4.79 Å². The van der Waals surface area contributed by atoms with Gasteiger partial charge in [0.05, 0.1) is 22.1 Å². The van der Waals surface area contributed by atoms with Crippen LogP contribution in [-0.4, -0.2) is 16.4 Å². The number of amides is 1. The zero-order valence-electron chi connectivity index (χ0n) is 9.63. The van der Waals surface area contributed by atoms with Crippen LogP contribution in [0.25, 0.3) is 22.1 Å². The fourth-order valence-corrected chi connectivity index (χ4v) is 1.99. The summed E-state index contributed by atoms with van der Waals surface area (Å²) in [6, 6.07) is 13.6. The molecule has 0 atom stereocenters. The number of carbonyl (C=O) groups is 1. The molecule has 0 aliphatic carbocycles. The van der Waals surface area contributed by atoms with Gasteiger partial charge < -0.3 is 5.32 Å². The molecule has 2 aromatic carbocycles. The summed E-state index contributed by atoms with van der Waals surface area (Å²) in [6.07, 6.45) is 0.688. The molecule has 0 aliphatic rings. The summed E-state index contributed by atoms with van der Waals surface area (Å²) in [5.41, 5.74) is 4.40. The van der Waals surface area contributed by atoms with Gasteiger partial charge >= 0.3 is 0 Å². The molecular formula is C14H11N3O. The fraction of sp³-hybridized carbons (Fsp3) is 0.0714. The van der Waals surface area contributed by atoms with Crippen LogP contribution in [0.3, 0.4) is 0 Å². The third kappa shape index (κ3) is 1.78. The van der Waals surface area contributed by atoms with Gasteiger partial charge in [0.25, 0.3) is 0 Å². The molecule has 0 bridgehead atoms. The molecule has 4 nitrogen and oxygen atoms in total. The third-order valence-corrected chi connectivity index (χ3v) is 2.83. The lowest BCUT2D eigenvalue weighted by Crippen LogP contribution is -2.10. The molecule has 0 aliphatic heterocycles. The van der Waals surface area contributed by atoms with Gasteiger partial charge in [0.15, 0.2) is 0 Å². The van der Waals surface area contributed by atoms with Crippen LogP contribution in [0, 0.1) is 0 Å². The fourth-order valence-electron chi connectivity index (χ4n) is 1.99. The van der Waals surface area contributed by atoms with Gasteiger partial charge in [0.2, 0.25) is 6.41 Å². The maximum Gasteiger partial charge on any atom is 0.207 e. The monoisotopic (exact) mass is 237 g/mol. The van der Waals surface area contributed by atoms with Gasteiger partial charge in [0, 0.05) is 6.54 Å². The number of hydrogen-bond donors (Lipinski definition) is 1. The topological polar surface area (TPSA) is 54.9 Å². The highest BCUT2D eigenvalue weighted by atomic mass is 16.1. The third-order valence-electron chi connectivity index (χ3n) is 2.83. The Kier molecular flexibility index (Phi) is 2.61. The first-order valence-electron chi connectivity index (χ1n) is 5.70. The number of aromatic nitrogens is 2. The summed E-state index contributed by atoms with van der Waals surface area (Å²) < 4.78 is 0. The molecule has 0 radical (unpaired) electrons. The number of nitrogens with one attached hydrogen (secondary N) is 1. The number of carbonyl (C=O) groups excluding carboxylic acids is 1. The molecule has 0 saturated heterocycles. The second-order valence-corrected chi connectivity index (χ2v) is 4.00. The van der Waals surface area contributed by atoms with E-state index >= 15 is 0 Å². The highest BCUT2D eigenvalue weighted by Crippen LogP contribution is 2.18. The quantitative estimate of drug-likeness (QED) is 0.560. The minimum atomic E-state index is 0.466. The van der Waals surface area contributed by atoms with Gasteiger partial charge in [-0.05, 0) is 23.8 Å². The molecular weight excluding hydrogens is 226 g/mol. The molecule has 0 spiro atoms. The maximum atomic E-state index is 10.4. The van der Waals surface area contributed by atoms with Crippen LogP contribution in [0.1, 0.15) is 5.56 Å². The Hall–Kier alpha value is -2.49. The van der Waals surface area contributed by atoms with Crippen LogP contribution in [-0.2, 0) is 11.3 Å². The molecule has 3 rings (SSSR count). The summed E-state index contributed by atoms with van der Waals surface area (Å²) in [6.45, 7) is 0.466. The van der Waals surface area contributed by atoms with Crippen LogP contribution >= 0.6 is 0 Å². The molecule has 88 valence electrons. The van der Waals surface area contributed by atoms with Crippen molar-refractivity contribution in [1.82, 2.24) is 15.3 Å². The predicted octanol–water partition coefficient (Wildman–Crippen LogP) is 2.03. The summed E-state index contributed by atoms with van der Waals surface area (Å²) in [4.78, 5) is 19.6. The lowest BCUT2D eigenvalue weighted by atomic mass is 10.1. The van der Waals surface area contributed by atoms with Crippen LogP contribution < -0.4 is 5.32 Å². The smallest absolute Gasteiger partial charge is 0.207 e. The van der Waals surface area contributed by atoms with Crippen molar-refractivity contribution in [2.24, 2.45) is 0 Å². The van der Waals surface area contributed by atoms with Gasteiger partial charge in [-0.1, -0.05) is 24.3 Å². The summed E-state index contributed by atoms with van der Waals surface area (Å²) in [5.74, 6) is 0. The van der Waals surface area contributed by atoms with Crippen LogP contribution in [0.2, 0.25) is 0 Å². The normalized spacial score (nSPS) is 10.7. The minimum Gasteiger partial charge on any atom is -0.355 e. The van der Waals surface area contributed by atoms with Crippen molar-refractivity contribution >= 4 is 28.5 Å². The maximum absolute atomic E-state index is 10.4. The number of hydrogen-bond acceptors (Lipinski definition) is 3. The average Bonchev–Trinajstić information content (AvgIpc) is 2.43. The standard InChI is InChI=1S/C14H11N3O/c18-9-15-8-10-4-3-7-13-14(10)17-12-6-2-1-5-11(12)16-13/h1-7,9H,8H2,(H,15,18). The summed E-state index contributed by atoms with van der Waals surface area (Å²) >= 11 is 0. The van der Waals surface area contributed by atoms with E-state index in [0.29, 0.717) is 13.0 Å². The zero-order valence-corrected chi connectivity index (χ0v) is 9.63. The Morgan fingerprint density at radius 1 is 0.944 bits per heavy atom. The Morgan fingerprint density at radius 2 is 1.67 bits per heavy atom. The number of fused-ring (bicyclic) bond motifs is 2. The van der Waals surface area contributed by atoms with Gasteiger partial charge in [-0.3, -0.25) is 4.79 Å². The lowest BCUT2D eigenvalue weighted by molar-refractivity contribution is -0.109. The molecule has 0 fully saturated rings. The molecule has 1 aromatic heterocycles. The first kappa shape index (κ1) is 10.7. The highest BCUT2D eigenvalue weighted by molar-refractivity contribution is 5.87. The van der Waals surface area contributed by atoms with Gasteiger partial charge in [-0.2, -0.15) is 0 Å². The van der Waals surface area contributed by atoms with Crippen LogP contribution in [0.5, 0.6) is 0 Å². The van der Waals surface area contributed by atoms with Crippen molar-refractivity contribution in [3.05, 3.63) is 48.0 Å². The molecule has 0 unspecified atom stereocenters. The van der Waals surface area contributed by atoms with E-state index in [2.05, 4.69) is 15.3 Å². The average molecular weight is 237 g/mol. The zero-order chi connectivity index (χ0) is 12.4. The van der Waals surface area contributed by atoms with Crippen molar-refractivity contribution in [2.75, 3.05) is 0 Å². The van der Waals surface area contributed by atoms with E-state index < -0.39 is 0 Å². The molecule has 1 amide bonds. The van der Waals surface area contributed by atoms with E-state index in [0.717, 1.165) is 27.6 Å². The number of benzene rings is 2. The molecule has 18 heavy (non-hydrogen) atoms. The van der Waals surface area contributed by atoms with Gasteiger partial charge in [0.1, 0.15) is 0 Å². The Balaban J connectivity index is 2.25. The van der Waals surface area contributed by atoms with E-state index in [1.807, 2.05) is 42.5 Å². The Morgan fingerprint density at radius 3 is 2.44 bits per heavy atom. The predicted molar refractivity (Wildman–Crippen MR) is 69.9 cm³/mol. The highest BCUT2D eigenvalue weighted by Gasteiger charge is 2.05. The molecule has 1 N–H and O–H groups in total. The second-order valence-electron chi connectivity index (χ2n) is 4.00. The van der Waals surface area contributed by atoms with Crippen molar-refractivity contribution in [1.29, 1.82) is 0 Å².